The monoisotopic (exact) mass is 219 g/mol. The van der Waals surface area contributed by atoms with Gasteiger partial charge in [-0.3, -0.25) is 4.90 Å². The first-order valence-electron chi connectivity index (χ1n) is 6.20. The highest BCUT2D eigenvalue weighted by Crippen LogP contribution is 2.28. The summed E-state index contributed by atoms with van der Waals surface area (Å²) in [5.41, 5.74) is 1.36. The van der Waals surface area contributed by atoms with Gasteiger partial charge in [0.05, 0.1) is 0 Å². The zero-order chi connectivity index (χ0) is 11.4. The number of hydrogen-bond donors (Lipinski definition) is 1. The number of hydrogen-bond acceptors (Lipinski definition) is 3. The van der Waals surface area contributed by atoms with Gasteiger partial charge in [0.2, 0.25) is 0 Å². The van der Waals surface area contributed by atoms with Crippen LogP contribution in [-0.4, -0.2) is 29.5 Å². The van der Waals surface area contributed by atoms with Crippen molar-refractivity contribution >= 4 is 5.82 Å². The summed E-state index contributed by atoms with van der Waals surface area (Å²) in [6.45, 7) is 4.53. The van der Waals surface area contributed by atoms with Crippen LogP contribution >= 0.6 is 0 Å². The molecule has 0 aromatic carbocycles. The molecule has 2 rings (SSSR count). The Balaban J connectivity index is 1.99. The van der Waals surface area contributed by atoms with Gasteiger partial charge in [-0.05, 0) is 43.5 Å². The fraction of sp³-hybridized carbons (Fsp3) is 0.615. The first kappa shape index (κ1) is 11.4. The topological polar surface area (TPSA) is 28.2 Å². The van der Waals surface area contributed by atoms with Crippen molar-refractivity contribution in [2.24, 2.45) is 0 Å². The average molecular weight is 219 g/mol. The number of nitrogens with zero attached hydrogens (tertiary/aromatic N) is 2. The summed E-state index contributed by atoms with van der Waals surface area (Å²) in [5.74, 6) is 0.963. The lowest BCUT2D eigenvalue weighted by Gasteiger charge is -2.21. The van der Waals surface area contributed by atoms with Gasteiger partial charge in [-0.25, -0.2) is 4.98 Å². The molecule has 1 saturated carbocycles. The van der Waals surface area contributed by atoms with Gasteiger partial charge in [-0.15, -0.1) is 0 Å². The Morgan fingerprint density at radius 1 is 1.50 bits per heavy atom. The molecule has 1 fully saturated rings. The molecule has 0 spiro atoms. The Morgan fingerprint density at radius 3 is 2.94 bits per heavy atom. The molecule has 0 bridgehead atoms. The van der Waals surface area contributed by atoms with Gasteiger partial charge in [0, 0.05) is 25.8 Å². The van der Waals surface area contributed by atoms with Crippen molar-refractivity contribution in [2.45, 2.75) is 38.8 Å². The van der Waals surface area contributed by atoms with Crippen molar-refractivity contribution in [1.29, 1.82) is 0 Å². The minimum atomic E-state index is 0.839. The Morgan fingerprint density at radius 2 is 2.31 bits per heavy atom. The largest absolute Gasteiger partial charge is 0.373 e. The summed E-state index contributed by atoms with van der Waals surface area (Å²) in [5, 5.41) is 3.09. The van der Waals surface area contributed by atoms with E-state index in [0.717, 1.165) is 18.4 Å². The molecule has 1 N–H and O–H groups in total. The van der Waals surface area contributed by atoms with Crippen LogP contribution in [0.1, 0.15) is 31.7 Å². The molecule has 3 heteroatoms. The lowest BCUT2D eigenvalue weighted by atomic mass is 10.2. The second-order valence-corrected chi connectivity index (χ2v) is 4.50. The number of nitrogens with one attached hydrogen (secondary N) is 1. The Kier molecular flexibility index (Phi) is 3.78. The summed E-state index contributed by atoms with van der Waals surface area (Å²) in [7, 11) is 1.91. The summed E-state index contributed by atoms with van der Waals surface area (Å²) < 4.78 is 0. The van der Waals surface area contributed by atoms with Gasteiger partial charge in [0.1, 0.15) is 5.82 Å². The molecule has 1 aromatic heterocycles. The molecule has 0 amide bonds. The SMILES string of the molecule is CCCN(Cc1ccnc(NC)c1)C1CC1. The van der Waals surface area contributed by atoms with Crippen molar-refractivity contribution in [3.8, 4) is 0 Å². The van der Waals surface area contributed by atoms with Crippen LogP contribution in [0.2, 0.25) is 0 Å². The molecule has 1 heterocycles. The van der Waals surface area contributed by atoms with Crippen LogP contribution < -0.4 is 5.32 Å². The van der Waals surface area contributed by atoms with Crippen LogP contribution in [0, 0.1) is 0 Å². The molecule has 0 unspecified atom stereocenters. The van der Waals surface area contributed by atoms with Gasteiger partial charge in [0.25, 0.3) is 0 Å². The molecule has 0 atom stereocenters. The molecule has 1 aliphatic rings. The molecule has 0 saturated heterocycles. The molecule has 3 nitrogen and oxygen atoms in total. The summed E-state index contributed by atoms with van der Waals surface area (Å²) >= 11 is 0. The third-order valence-corrected chi connectivity index (χ3v) is 3.04. The van der Waals surface area contributed by atoms with Gasteiger partial charge in [0.15, 0.2) is 0 Å². The number of pyridine rings is 1. The van der Waals surface area contributed by atoms with Crippen LogP contribution in [0.4, 0.5) is 5.82 Å². The average Bonchev–Trinajstić information content (AvgIpc) is 3.13. The van der Waals surface area contributed by atoms with E-state index in [4.69, 9.17) is 0 Å². The second-order valence-electron chi connectivity index (χ2n) is 4.50. The number of aromatic nitrogens is 1. The van der Waals surface area contributed by atoms with E-state index in [2.05, 4.69) is 34.3 Å². The van der Waals surface area contributed by atoms with E-state index < -0.39 is 0 Å². The highest BCUT2D eigenvalue weighted by molar-refractivity contribution is 5.36. The first-order chi connectivity index (χ1) is 7.83. The normalized spacial score (nSPS) is 15.4. The number of rotatable bonds is 6. The third kappa shape index (κ3) is 2.95. The maximum Gasteiger partial charge on any atom is 0.125 e. The molecule has 88 valence electrons. The maximum atomic E-state index is 4.24. The van der Waals surface area contributed by atoms with Crippen LogP contribution in [0.15, 0.2) is 18.3 Å². The van der Waals surface area contributed by atoms with E-state index in [9.17, 15) is 0 Å². The lowest BCUT2D eigenvalue weighted by Crippen LogP contribution is -2.26. The molecule has 0 aliphatic heterocycles. The summed E-state index contributed by atoms with van der Waals surface area (Å²) in [4.78, 5) is 6.83. The summed E-state index contributed by atoms with van der Waals surface area (Å²) in [6.07, 6.45) is 5.88. The minimum absolute atomic E-state index is 0.839. The van der Waals surface area contributed by atoms with Crippen LogP contribution in [0.3, 0.4) is 0 Å². The number of anilines is 1. The lowest BCUT2D eigenvalue weighted by molar-refractivity contribution is 0.255. The van der Waals surface area contributed by atoms with E-state index >= 15 is 0 Å². The fourth-order valence-corrected chi connectivity index (χ4v) is 2.06. The quantitative estimate of drug-likeness (QED) is 0.796. The predicted molar refractivity (Wildman–Crippen MR) is 67.5 cm³/mol. The van der Waals surface area contributed by atoms with E-state index in [1.807, 2.05) is 13.2 Å². The minimum Gasteiger partial charge on any atom is -0.373 e. The van der Waals surface area contributed by atoms with Crippen molar-refractivity contribution < 1.29 is 0 Å². The van der Waals surface area contributed by atoms with E-state index in [1.54, 1.807) is 0 Å². The van der Waals surface area contributed by atoms with Gasteiger partial charge < -0.3 is 5.32 Å². The Bertz CT molecular complexity index is 334. The van der Waals surface area contributed by atoms with Gasteiger partial charge in [-0.1, -0.05) is 6.92 Å². The summed E-state index contributed by atoms with van der Waals surface area (Å²) in [6, 6.07) is 5.10. The zero-order valence-electron chi connectivity index (χ0n) is 10.2. The van der Waals surface area contributed by atoms with Crippen LogP contribution in [-0.2, 0) is 6.54 Å². The van der Waals surface area contributed by atoms with Crippen LogP contribution in [0.5, 0.6) is 0 Å². The standard InChI is InChI=1S/C13H21N3/c1-3-8-16(12-4-5-12)10-11-6-7-15-13(9-11)14-2/h6-7,9,12H,3-5,8,10H2,1-2H3,(H,14,15). The highest BCUT2D eigenvalue weighted by Gasteiger charge is 2.28. The van der Waals surface area contributed by atoms with Crippen LogP contribution in [0.25, 0.3) is 0 Å². The molecule has 1 aromatic rings. The fourth-order valence-electron chi connectivity index (χ4n) is 2.06. The smallest absolute Gasteiger partial charge is 0.125 e. The molecule has 0 radical (unpaired) electrons. The van der Waals surface area contributed by atoms with Gasteiger partial charge in [-0.2, -0.15) is 0 Å². The van der Waals surface area contributed by atoms with Crippen molar-refractivity contribution in [2.75, 3.05) is 18.9 Å². The molecule has 16 heavy (non-hydrogen) atoms. The second kappa shape index (κ2) is 5.30. The highest BCUT2D eigenvalue weighted by atomic mass is 15.2. The third-order valence-electron chi connectivity index (χ3n) is 3.04. The van der Waals surface area contributed by atoms with E-state index in [-0.39, 0.29) is 0 Å². The van der Waals surface area contributed by atoms with E-state index in [1.165, 1.54) is 31.4 Å². The van der Waals surface area contributed by atoms with Crippen molar-refractivity contribution in [3.05, 3.63) is 23.9 Å². The predicted octanol–water partition coefficient (Wildman–Crippen LogP) is 2.50. The van der Waals surface area contributed by atoms with Crippen molar-refractivity contribution in [1.82, 2.24) is 9.88 Å². The Labute approximate surface area is 97.9 Å². The van der Waals surface area contributed by atoms with Crippen molar-refractivity contribution in [3.63, 3.8) is 0 Å². The Hall–Kier alpha value is -1.09. The van der Waals surface area contributed by atoms with E-state index in [0.29, 0.717) is 0 Å². The molecular formula is C13H21N3. The molecule has 1 aliphatic carbocycles. The maximum absolute atomic E-state index is 4.24. The zero-order valence-corrected chi connectivity index (χ0v) is 10.2. The molecular weight excluding hydrogens is 198 g/mol. The van der Waals surface area contributed by atoms with Gasteiger partial charge >= 0.3 is 0 Å². The first-order valence-corrected chi connectivity index (χ1v) is 6.20.